The van der Waals surface area contributed by atoms with Gasteiger partial charge in [-0.3, -0.25) is 19.2 Å². The average Bonchev–Trinajstić information content (AvgIpc) is 3.17. The minimum atomic E-state index is -1.11. The summed E-state index contributed by atoms with van der Waals surface area (Å²) in [6.45, 7) is 0.275. The van der Waals surface area contributed by atoms with Crippen LogP contribution < -0.4 is 22.1 Å². The van der Waals surface area contributed by atoms with Gasteiger partial charge in [-0.15, -0.1) is 0 Å². The van der Waals surface area contributed by atoms with Gasteiger partial charge in [-0.2, -0.15) is 25.3 Å². The second-order valence-electron chi connectivity index (χ2n) is 6.63. The van der Waals surface area contributed by atoms with Crippen molar-refractivity contribution in [2.75, 3.05) is 18.1 Å². The average molecular weight is 450 g/mol. The van der Waals surface area contributed by atoms with Crippen molar-refractivity contribution >= 4 is 54.9 Å². The highest BCUT2D eigenvalue weighted by atomic mass is 32.1. The Morgan fingerprint density at radius 1 is 1.07 bits per heavy atom. The fourth-order valence-electron chi connectivity index (χ4n) is 2.85. The third-order valence-corrected chi connectivity index (χ3v) is 5.20. The second-order valence-corrected chi connectivity index (χ2v) is 7.36. The molecule has 13 heteroatoms. The molecule has 1 aliphatic rings. The monoisotopic (exact) mass is 449 g/mol. The molecule has 0 saturated carbocycles. The zero-order chi connectivity index (χ0) is 22.1. The number of carbonyl (C=O) groups excluding carboxylic acids is 4. The van der Waals surface area contributed by atoms with Crippen LogP contribution >= 0.6 is 25.3 Å². The Bertz CT molecular complexity index is 649. The summed E-state index contributed by atoms with van der Waals surface area (Å²) >= 11 is 8.10. The number of aliphatic carboxylic acids is 1. The van der Waals surface area contributed by atoms with Gasteiger partial charge in [-0.25, -0.2) is 4.79 Å². The molecular formula is C16H27N5O6S2. The summed E-state index contributed by atoms with van der Waals surface area (Å²) in [5.74, 6) is -3.75. The number of nitrogens with zero attached hydrogens (tertiary/aromatic N) is 1. The van der Waals surface area contributed by atoms with Crippen LogP contribution in [-0.4, -0.2) is 81.8 Å². The van der Waals surface area contributed by atoms with E-state index in [-0.39, 0.29) is 30.9 Å². The van der Waals surface area contributed by atoms with Gasteiger partial charge in [0.2, 0.25) is 23.6 Å². The number of likely N-dealkylation sites (tertiary alicyclic amines) is 1. The Morgan fingerprint density at radius 2 is 1.66 bits per heavy atom. The first kappa shape index (κ1) is 25.0. The summed E-state index contributed by atoms with van der Waals surface area (Å²) in [7, 11) is 0. The molecule has 0 radical (unpaired) electrons. The third kappa shape index (κ3) is 7.40. The molecular weight excluding hydrogens is 422 g/mol. The number of carboxylic acid groups (broad SMARTS) is 1. The van der Waals surface area contributed by atoms with Crippen molar-refractivity contribution in [3.8, 4) is 0 Å². The van der Waals surface area contributed by atoms with Gasteiger partial charge in [0, 0.05) is 24.5 Å². The van der Waals surface area contributed by atoms with Crippen LogP contribution in [0.3, 0.4) is 0 Å². The van der Waals surface area contributed by atoms with E-state index < -0.39 is 53.8 Å². The topological polar surface area (TPSA) is 185 Å². The summed E-state index contributed by atoms with van der Waals surface area (Å²) in [6.07, 6.45) is 0.829. The van der Waals surface area contributed by atoms with Crippen molar-refractivity contribution in [2.24, 2.45) is 11.5 Å². The standard InChI is InChI=1S/C16H27N5O6S2/c17-8(3-4-12(18)22)13(23)19-9(6-28)14(24)20-10(7-29)15(25)21-5-1-2-11(21)16(26)27/h8-11,28-29H,1-7,17H2,(H2,18,22)(H,19,23)(H,20,24)(H,26,27). The lowest BCUT2D eigenvalue weighted by Gasteiger charge is -2.27. The Morgan fingerprint density at radius 3 is 2.17 bits per heavy atom. The van der Waals surface area contributed by atoms with Crippen LogP contribution in [0, 0.1) is 0 Å². The van der Waals surface area contributed by atoms with Crippen LogP contribution in [-0.2, 0) is 24.0 Å². The van der Waals surface area contributed by atoms with Crippen LogP contribution in [0.15, 0.2) is 0 Å². The van der Waals surface area contributed by atoms with E-state index >= 15 is 0 Å². The van der Waals surface area contributed by atoms with E-state index in [1.165, 1.54) is 4.90 Å². The predicted molar refractivity (Wildman–Crippen MR) is 110 cm³/mol. The molecule has 29 heavy (non-hydrogen) atoms. The van der Waals surface area contributed by atoms with Crippen molar-refractivity contribution in [1.82, 2.24) is 15.5 Å². The lowest BCUT2D eigenvalue weighted by molar-refractivity contribution is -0.149. The molecule has 0 spiro atoms. The maximum Gasteiger partial charge on any atom is 0.326 e. The number of carboxylic acids is 1. The van der Waals surface area contributed by atoms with Crippen LogP contribution in [0.2, 0.25) is 0 Å². The molecule has 4 atom stereocenters. The molecule has 0 bridgehead atoms. The van der Waals surface area contributed by atoms with E-state index in [1.807, 2.05) is 0 Å². The zero-order valence-electron chi connectivity index (χ0n) is 15.7. The lowest BCUT2D eigenvalue weighted by Crippen LogP contribution is -2.58. The Labute approximate surface area is 179 Å². The van der Waals surface area contributed by atoms with Crippen LogP contribution in [0.5, 0.6) is 0 Å². The lowest BCUT2D eigenvalue weighted by atomic mass is 10.1. The number of thiol groups is 2. The van der Waals surface area contributed by atoms with Gasteiger partial charge in [-0.05, 0) is 19.3 Å². The number of nitrogens with one attached hydrogen (secondary N) is 2. The van der Waals surface area contributed by atoms with Gasteiger partial charge in [0.25, 0.3) is 0 Å². The Kier molecular flexibility index (Phi) is 10.3. The maximum atomic E-state index is 12.6. The molecule has 1 rings (SSSR count). The maximum absolute atomic E-state index is 12.6. The predicted octanol–water partition coefficient (Wildman–Crippen LogP) is -2.52. The zero-order valence-corrected chi connectivity index (χ0v) is 17.5. The summed E-state index contributed by atoms with van der Waals surface area (Å²) in [6, 6.07) is -4.13. The largest absolute Gasteiger partial charge is 0.480 e. The number of hydrogen-bond acceptors (Lipinski definition) is 8. The Hall–Kier alpha value is -1.99. The molecule has 4 amide bonds. The minimum Gasteiger partial charge on any atom is -0.480 e. The first-order valence-electron chi connectivity index (χ1n) is 9.02. The fourth-order valence-corrected chi connectivity index (χ4v) is 3.35. The van der Waals surface area contributed by atoms with Gasteiger partial charge >= 0.3 is 5.97 Å². The van der Waals surface area contributed by atoms with Gasteiger partial charge in [-0.1, -0.05) is 0 Å². The first-order chi connectivity index (χ1) is 13.6. The first-order valence-corrected chi connectivity index (χ1v) is 10.3. The summed E-state index contributed by atoms with van der Waals surface area (Å²) in [4.78, 5) is 60.5. The quantitative estimate of drug-likeness (QED) is 0.170. The van der Waals surface area contributed by atoms with Crippen molar-refractivity contribution in [2.45, 2.75) is 49.9 Å². The molecule has 1 saturated heterocycles. The van der Waals surface area contributed by atoms with Crippen molar-refractivity contribution in [3.05, 3.63) is 0 Å². The highest BCUT2D eigenvalue weighted by Gasteiger charge is 2.37. The van der Waals surface area contributed by atoms with E-state index in [0.717, 1.165) is 0 Å². The van der Waals surface area contributed by atoms with E-state index in [4.69, 9.17) is 11.5 Å². The van der Waals surface area contributed by atoms with E-state index in [2.05, 4.69) is 35.9 Å². The van der Waals surface area contributed by atoms with Crippen molar-refractivity contribution in [1.29, 1.82) is 0 Å². The molecule has 1 heterocycles. The second kappa shape index (κ2) is 11.9. The molecule has 0 aromatic rings. The van der Waals surface area contributed by atoms with Crippen molar-refractivity contribution < 1.29 is 29.1 Å². The SMILES string of the molecule is NC(=O)CCC(N)C(=O)NC(CS)C(=O)NC(CS)C(=O)N1CCCC1C(=O)O. The summed E-state index contributed by atoms with van der Waals surface area (Å²) in [5, 5.41) is 14.1. The van der Waals surface area contributed by atoms with Crippen LogP contribution in [0.25, 0.3) is 0 Å². The number of rotatable bonds is 11. The molecule has 7 N–H and O–H groups in total. The van der Waals surface area contributed by atoms with Crippen molar-refractivity contribution in [3.63, 3.8) is 0 Å². The molecule has 164 valence electrons. The molecule has 0 aromatic heterocycles. The Balaban J connectivity index is 2.71. The smallest absolute Gasteiger partial charge is 0.326 e. The molecule has 0 aliphatic carbocycles. The molecule has 1 fully saturated rings. The molecule has 1 aliphatic heterocycles. The van der Waals surface area contributed by atoms with Gasteiger partial charge in [0.15, 0.2) is 0 Å². The van der Waals surface area contributed by atoms with E-state index in [1.54, 1.807) is 0 Å². The minimum absolute atomic E-state index is 0.0192. The molecule has 0 aromatic carbocycles. The van der Waals surface area contributed by atoms with Gasteiger partial charge in [0.1, 0.15) is 18.1 Å². The number of hydrogen-bond donors (Lipinski definition) is 7. The van der Waals surface area contributed by atoms with E-state index in [9.17, 15) is 29.1 Å². The fraction of sp³-hybridized carbons (Fsp3) is 0.688. The summed E-state index contributed by atoms with van der Waals surface area (Å²) < 4.78 is 0. The number of amides is 4. The highest BCUT2D eigenvalue weighted by molar-refractivity contribution is 7.80. The van der Waals surface area contributed by atoms with E-state index in [0.29, 0.717) is 12.8 Å². The highest BCUT2D eigenvalue weighted by Crippen LogP contribution is 2.18. The molecule has 4 unspecified atom stereocenters. The van der Waals surface area contributed by atoms with Crippen LogP contribution in [0.1, 0.15) is 25.7 Å². The number of nitrogens with two attached hydrogens (primary N) is 2. The normalized spacial score (nSPS) is 19.1. The molecule has 11 nitrogen and oxygen atoms in total. The number of carbonyl (C=O) groups is 5. The third-order valence-electron chi connectivity index (χ3n) is 4.47. The van der Waals surface area contributed by atoms with Crippen LogP contribution in [0.4, 0.5) is 0 Å². The number of primary amides is 1. The summed E-state index contributed by atoms with van der Waals surface area (Å²) in [5.41, 5.74) is 10.7. The van der Waals surface area contributed by atoms with Gasteiger partial charge in [0.05, 0.1) is 6.04 Å². The van der Waals surface area contributed by atoms with Gasteiger partial charge < -0.3 is 32.1 Å².